The van der Waals surface area contributed by atoms with Gasteiger partial charge in [-0.25, -0.2) is 0 Å². The number of nitrogens with zero attached hydrogens (tertiary/aromatic N) is 2. The maximum absolute atomic E-state index is 12.4. The van der Waals surface area contributed by atoms with Crippen molar-refractivity contribution in [3.63, 3.8) is 0 Å². The summed E-state index contributed by atoms with van der Waals surface area (Å²) in [4.78, 5) is 28.8. The van der Waals surface area contributed by atoms with Gasteiger partial charge in [0, 0.05) is 37.6 Å². The van der Waals surface area contributed by atoms with E-state index >= 15 is 0 Å². The van der Waals surface area contributed by atoms with Gasteiger partial charge in [0.2, 0.25) is 11.8 Å². The third-order valence-corrected chi connectivity index (χ3v) is 4.92. The number of carbonyl (C=O) groups excluding carboxylic acids is 2. The number of benzene rings is 1. The van der Waals surface area contributed by atoms with Gasteiger partial charge in [-0.05, 0) is 65.0 Å². The van der Waals surface area contributed by atoms with Crippen molar-refractivity contribution in [3.8, 4) is 0 Å². The summed E-state index contributed by atoms with van der Waals surface area (Å²) in [6.07, 6.45) is 0.635. The summed E-state index contributed by atoms with van der Waals surface area (Å²) in [6, 6.07) is 6.09. The zero-order valence-corrected chi connectivity index (χ0v) is 16.6. The molecule has 1 aromatic rings. The molecule has 1 aliphatic rings. The second-order valence-electron chi connectivity index (χ2n) is 7.20. The minimum Gasteiger partial charge on any atom is -0.372 e. The van der Waals surface area contributed by atoms with Crippen LogP contribution >= 0.6 is 0 Å². The Balaban J connectivity index is 1.88. The summed E-state index contributed by atoms with van der Waals surface area (Å²) >= 11 is 0. The Morgan fingerprint density at radius 1 is 1.12 bits per heavy atom. The minimum atomic E-state index is -0.212. The van der Waals surface area contributed by atoms with Crippen LogP contribution in [0.5, 0.6) is 0 Å². The molecule has 144 valence electrons. The van der Waals surface area contributed by atoms with Gasteiger partial charge in [0.25, 0.3) is 0 Å². The van der Waals surface area contributed by atoms with Gasteiger partial charge in [-0.3, -0.25) is 9.59 Å². The van der Waals surface area contributed by atoms with Crippen LogP contribution in [-0.4, -0.2) is 57.0 Å². The number of amides is 2. The van der Waals surface area contributed by atoms with E-state index in [1.165, 1.54) is 0 Å². The Bertz CT molecular complexity index is 641. The molecule has 1 fully saturated rings. The average molecular weight is 361 g/mol. The van der Waals surface area contributed by atoms with E-state index in [0.29, 0.717) is 13.0 Å². The summed E-state index contributed by atoms with van der Waals surface area (Å²) in [5.41, 5.74) is 3.02. The SMILES string of the molecule is CCN(CC)c1ccc(NC(=O)C2CC2C(=O)NCCN(C)C)c(C)c1. The third-order valence-electron chi connectivity index (χ3n) is 4.92. The van der Waals surface area contributed by atoms with E-state index in [0.717, 1.165) is 36.6 Å². The molecule has 2 N–H and O–H groups in total. The van der Waals surface area contributed by atoms with Crippen LogP contribution in [0.3, 0.4) is 0 Å². The van der Waals surface area contributed by atoms with E-state index in [1.807, 2.05) is 38.1 Å². The van der Waals surface area contributed by atoms with Crippen LogP contribution in [0.15, 0.2) is 18.2 Å². The van der Waals surface area contributed by atoms with E-state index in [2.05, 4.69) is 35.4 Å². The summed E-state index contributed by atoms with van der Waals surface area (Å²) in [5, 5.41) is 5.89. The zero-order valence-electron chi connectivity index (χ0n) is 16.6. The third kappa shape index (κ3) is 5.21. The van der Waals surface area contributed by atoms with Crippen molar-refractivity contribution in [1.29, 1.82) is 0 Å². The van der Waals surface area contributed by atoms with Crippen LogP contribution < -0.4 is 15.5 Å². The van der Waals surface area contributed by atoms with E-state index < -0.39 is 0 Å². The van der Waals surface area contributed by atoms with Crippen molar-refractivity contribution < 1.29 is 9.59 Å². The molecule has 1 aromatic carbocycles. The van der Waals surface area contributed by atoms with Crippen molar-refractivity contribution in [3.05, 3.63) is 23.8 Å². The second-order valence-corrected chi connectivity index (χ2v) is 7.20. The van der Waals surface area contributed by atoms with Crippen LogP contribution in [0.2, 0.25) is 0 Å². The molecular formula is C20H32N4O2. The predicted molar refractivity (Wildman–Crippen MR) is 107 cm³/mol. The highest BCUT2D eigenvalue weighted by molar-refractivity contribution is 6.00. The van der Waals surface area contributed by atoms with E-state index in [1.54, 1.807) is 0 Å². The number of likely N-dealkylation sites (N-methyl/N-ethyl adjacent to an activating group) is 1. The molecule has 0 saturated heterocycles. The number of hydrogen-bond acceptors (Lipinski definition) is 4. The van der Waals surface area contributed by atoms with Gasteiger partial charge in [-0.1, -0.05) is 0 Å². The fourth-order valence-corrected chi connectivity index (χ4v) is 3.11. The Morgan fingerprint density at radius 2 is 1.77 bits per heavy atom. The van der Waals surface area contributed by atoms with Gasteiger partial charge >= 0.3 is 0 Å². The standard InChI is InChI=1S/C20H32N4O2/c1-6-24(7-2)15-8-9-18(14(3)12-15)22-20(26)17-13-16(17)19(25)21-10-11-23(4)5/h8-9,12,16-17H,6-7,10-11,13H2,1-5H3,(H,21,25)(H,22,26). The lowest BCUT2D eigenvalue weighted by molar-refractivity contribution is -0.125. The molecule has 0 bridgehead atoms. The molecule has 1 saturated carbocycles. The van der Waals surface area contributed by atoms with E-state index in [-0.39, 0.29) is 23.7 Å². The Morgan fingerprint density at radius 3 is 2.35 bits per heavy atom. The van der Waals surface area contributed by atoms with E-state index in [4.69, 9.17) is 0 Å². The molecule has 1 aliphatic carbocycles. The molecule has 0 aromatic heterocycles. The lowest BCUT2D eigenvalue weighted by atomic mass is 10.1. The number of hydrogen-bond donors (Lipinski definition) is 2. The van der Waals surface area contributed by atoms with Crippen molar-refractivity contribution in [2.75, 3.05) is 50.5 Å². The van der Waals surface area contributed by atoms with Crippen molar-refractivity contribution in [2.24, 2.45) is 11.8 Å². The number of carbonyl (C=O) groups is 2. The van der Waals surface area contributed by atoms with Crippen LogP contribution in [0.25, 0.3) is 0 Å². The van der Waals surface area contributed by atoms with Gasteiger partial charge in [0.15, 0.2) is 0 Å². The molecule has 6 nitrogen and oxygen atoms in total. The average Bonchev–Trinajstić information content (AvgIpc) is 3.38. The Labute approximate surface area is 156 Å². The highest BCUT2D eigenvalue weighted by atomic mass is 16.2. The maximum atomic E-state index is 12.4. The monoisotopic (exact) mass is 360 g/mol. The fourth-order valence-electron chi connectivity index (χ4n) is 3.11. The molecule has 2 amide bonds. The molecular weight excluding hydrogens is 328 g/mol. The molecule has 26 heavy (non-hydrogen) atoms. The topological polar surface area (TPSA) is 64.7 Å². The smallest absolute Gasteiger partial charge is 0.228 e. The van der Waals surface area contributed by atoms with Crippen LogP contribution in [-0.2, 0) is 9.59 Å². The molecule has 6 heteroatoms. The normalized spacial score (nSPS) is 18.5. The molecule has 2 rings (SSSR count). The lowest BCUT2D eigenvalue weighted by Crippen LogP contribution is -2.33. The molecule has 2 atom stereocenters. The summed E-state index contributed by atoms with van der Waals surface area (Å²) in [6.45, 7) is 9.58. The highest BCUT2D eigenvalue weighted by Gasteiger charge is 2.47. The van der Waals surface area contributed by atoms with Gasteiger partial charge in [0.05, 0.1) is 11.8 Å². The van der Waals surface area contributed by atoms with Crippen LogP contribution in [0.1, 0.15) is 25.8 Å². The van der Waals surface area contributed by atoms with Crippen LogP contribution in [0.4, 0.5) is 11.4 Å². The van der Waals surface area contributed by atoms with Gasteiger partial charge in [-0.2, -0.15) is 0 Å². The van der Waals surface area contributed by atoms with Gasteiger partial charge in [0.1, 0.15) is 0 Å². The lowest BCUT2D eigenvalue weighted by Gasteiger charge is -2.22. The summed E-state index contributed by atoms with van der Waals surface area (Å²) in [5.74, 6) is -0.472. The van der Waals surface area contributed by atoms with Gasteiger partial charge < -0.3 is 20.4 Å². The quantitative estimate of drug-likeness (QED) is 0.708. The zero-order chi connectivity index (χ0) is 19.3. The largest absolute Gasteiger partial charge is 0.372 e. The maximum Gasteiger partial charge on any atom is 0.228 e. The first-order valence-electron chi connectivity index (χ1n) is 9.46. The van der Waals surface area contributed by atoms with Gasteiger partial charge in [-0.15, -0.1) is 0 Å². The van der Waals surface area contributed by atoms with E-state index in [9.17, 15) is 9.59 Å². The first-order valence-corrected chi connectivity index (χ1v) is 9.46. The van der Waals surface area contributed by atoms with Crippen molar-refractivity contribution in [1.82, 2.24) is 10.2 Å². The minimum absolute atomic E-state index is 0.0133. The Kier molecular flexibility index (Phi) is 7.03. The highest BCUT2D eigenvalue weighted by Crippen LogP contribution is 2.39. The van der Waals surface area contributed by atoms with Crippen molar-refractivity contribution >= 4 is 23.2 Å². The number of aryl methyl sites for hydroxylation is 1. The number of nitrogens with one attached hydrogen (secondary N) is 2. The first kappa shape index (κ1) is 20.2. The molecule has 0 heterocycles. The second kappa shape index (κ2) is 9.03. The summed E-state index contributed by atoms with van der Waals surface area (Å²) < 4.78 is 0. The first-order chi connectivity index (χ1) is 12.4. The number of rotatable bonds is 9. The number of anilines is 2. The molecule has 0 aliphatic heterocycles. The molecule has 2 unspecified atom stereocenters. The Hall–Kier alpha value is -2.08. The summed E-state index contributed by atoms with van der Waals surface area (Å²) in [7, 11) is 3.93. The molecule has 0 spiro atoms. The fraction of sp³-hybridized carbons (Fsp3) is 0.600. The van der Waals surface area contributed by atoms with Crippen molar-refractivity contribution in [2.45, 2.75) is 27.2 Å². The molecule has 0 radical (unpaired) electrons. The predicted octanol–water partition coefficient (Wildman–Crippen LogP) is 2.09. The van der Waals surface area contributed by atoms with Crippen LogP contribution in [0, 0.1) is 18.8 Å².